The second kappa shape index (κ2) is 4.93. The van der Waals surface area contributed by atoms with Crippen LogP contribution in [0.1, 0.15) is 19.3 Å². The van der Waals surface area contributed by atoms with Crippen LogP contribution < -0.4 is 5.73 Å². The fourth-order valence-electron chi connectivity index (χ4n) is 0.532. The number of hydrogen-bond acceptors (Lipinski definition) is 3. The lowest BCUT2D eigenvalue weighted by Crippen LogP contribution is -2.21. The number of nitrogens with two attached hydrogens (primary N) is 1. The van der Waals surface area contributed by atoms with Crippen LogP contribution in [0.25, 0.3) is 0 Å². The van der Waals surface area contributed by atoms with Gasteiger partial charge in [-0.3, -0.25) is 9.59 Å². The highest BCUT2D eigenvalue weighted by molar-refractivity contribution is 5.66. The lowest BCUT2D eigenvalue weighted by Gasteiger charge is -1.98. The summed E-state index contributed by atoms with van der Waals surface area (Å²) in [6.45, 7) is 0. The molecule has 57 valence electrons. The zero-order chi connectivity index (χ0) is 7.98. The topological polar surface area (TPSA) is 80.4 Å². The maximum absolute atomic E-state index is 9.93. The first-order chi connectivity index (χ1) is 4.66. The molecule has 1 atom stereocenters. The normalized spacial score (nSPS) is 12.5. The summed E-state index contributed by atoms with van der Waals surface area (Å²) in [4.78, 5) is 19.7. The monoisotopic (exact) mass is 144 g/mol. The standard InChI is InChI=1S/C6H10NO3/c7-5(4-8)2-1-3-6(9)10/h5H,1-3,7H2,(H,9,10). The molecular weight excluding hydrogens is 134 g/mol. The van der Waals surface area contributed by atoms with E-state index in [1.54, 1.807) is 6.29 Å². The predicted octanol–water partition coefficient (Wildman–Crippen LogP) is -0.322. The van der Waals surface area contributed by atoms with E-state index in [9.17, 15) is 9.59 Å². The van der Waals surface area contributed by atoms with Crippen LogP contribution in [0.3, 0.4) is 0 Å². The van der Waals surface area contributed by atoms with Crippen molar-refractivity contribution < 1.29 is 14.7 Å². The SMILES string of the molecule is NC([C]=O)CCCC(=O)O. The van der Waals surface area contributed by atoms with Crippen LogP contribution in [0.15, 0.2) is 0 Å². The predicted molar refractivity (Wildman–Crippen MR) is 35.2 cm³/mol. The molecule has 1 radical (unpaired) electrons. The van der Waals surface area contributed by atoms with E-state index in [0.29, 0.717) is 12.8 Å². The van der Waals surface area contributed by atoms with Gasteiger partial charge in [-0.2, -0.15) is 0 Å². The zero-order valence-corrected chi connectivity index (χ0v) is 5.54. The number of aliphatic carboxylic acids is 1. The molecule has 0 saturated carbocycles. The molecule has 0 aliphatic heterocycles. The Morgan fingerprint density at radius 3 is 2.70 bits per heavy atom. The van der Waals surface area contributed by atoms with Crippen LogP contribution in [-0.4, -0.2) is 23.4 Å². The molecule has 0 aliphatic rings. The quantitative estimate of drug-likeness (QED) is 0.554. The molecular formula is C6H10NO3. The molecule has 0 saturated heterocycles. The molecule has 0 aromatic carbocycles. The highest BCUT2D eigenvalue weighted by Gasteiger charge is 2.02. The maximum Gasteiger partial charge on any atom is 0.303 e. The van der Waals surface area contributed by atoms with Crippen molar-refractivity contribution in [3.8, 4) is 0 Å². The molecule has 4 nitrogen and oxygen atoms in total. The van der Waals surface area contributed by atoms with Crippen molar-refractivity contribution in [2.75, 3.05) is 0 Å². The highest BCUT2D eigenvalue weighted by Crippen LogP contribution is 1.96. The summed E-state index contributed by atoms with van der Waals surface area (Å²) < 4.78 is 0. The highest BCUT2D eigenvalue weighted by atomic mass is 16.4. The van der Waals surface area contributed by atoms with Gasteiger partial charge in [0.2, 0.25) is 6.29 Å². The minimum Gasteiger partial charge on any atom is -0.481 e. The third-order valence-electron chi connectivity index (χ3n) is 1.06. The van der Waals surface area contributed by atoms with Crippen LogP contribution in [0.4, 0.5) is 0 Å². The van der Waals surface area contributed by atoms with Gasteiger partial charge in [-0.25, -0.2) is 0 Å². The van der Waals surface area contributed by atoms with Crippen LogP contribution in [0.5, 0.6) is 0 Å². The average molecular weight is 144 g/mol. The number of rotatable bonds is 5. The van der Waals surface area contributed by atoms with Gasteiger partial charge in [-0.1, -0.05) is 0 Å². The minimum absolute atomic E-state index is 0.0649. The lowest BCUT2D eigenvalue weighted by molar-refractivity contribution is -0.137. The van der Waals surface area contributed by atoms with E-state index in [-0.39, 0.29) is 6.42 Å². The first kappa shape index (κ1) is 9.10. The van der Waals surface area contributed by atoms with E-state index in [1.165, 1.54) is 0 Å². The Morgan fingerprint density at radius 2 is 2.30 bits per heavy atom. The van der Waals surface area contributed by atoms with Crippen LogP contribution in [0, 0.1) is 0 Å². The Hall–Kier alpha value is -0.900. The lowest BCUT2D eigenvalue weighted by atomic mass is 10.1. The van der Waals surface area contributed by atoms with Crippen molar-refractivity contribution in [2.45, 2.75) is 25.3 Å². The van der Waals surface area contributed by atoms with Crippen LogP contribution in [-0.2, 0) is 9.59 Å². The summed E-state index contributed by atoms with van der Waals surface area (Å²) in [5, 5.41) is 8.16. The van der Waals surface area contributed by atoms with E-state index in [4.69, 9.17) is 10.8 Å². The van der Waals surface area contributed by atoms with Gasteiger partial charge in [-0.05, 0) is 12.8 Å². The van der Waals surface area contributed by atoms with Crippen LogP contribution >= 0.6 is 0 Å². The number of carboxylic acid groups (broad SMARTS) is 1. The van der Waals surface area contributed by atoms with Crippen molar-refractivity contribution in [2.24, 2.45) is 5.73 Å². The van der Waals surface area contributed by atoms with Gasteiger partial charge in [0.15, 0.2) is 0 Å². The Balaban J connectivity index is 3.19. The van der Waals surface area contributed by atoms with Crippen molar-refractivity contribution in [3.05, 3.63) is 0 Å². The molecule has 10 heavy (non-hydrogen) atoms. The van der Waals surface area contributed by atoms with Gasteiger partial charge in [0.05, 0.1) is 6.04 Å². The number of hydrogen-bond donors (Lipinski definition) is 2. The molecule has 1 unspecified atom stereocenters. The van der Waals surface area contributed by atoms with Crippen molar-refractivity contribution >= 4 is 12.3 Å². The third kappa shape index (κ3) is 5.24. The number of carboxylic acids is 1. The van der Waals surface area contributed by atoms with Gasteiger partial charge in [0.25, 0.3) is 0 Å². The molecule has 0 spiro atoms. The summed E-state index contributed by atoms with van der Waals surface area (Å²) in [5.74, 6) is -0.863. The van der Waals surface area contributed by atoms with Crippen LogP contribution in [0.2, 0.25) is 0 Å². The second-order valence-corrected chi connectivity index (χ2v) is 2.01. The zero-order valence-electron chi connectivity index (χ0n) is 5.54. The van der Waals surface area contributed by atoms with E-state index in [1.807, 2.05) is 0 Å². The third-order valence-corrected chi connectivity index (χ3v) is 1.06. The summed E-state index contributed by atoms with van der Waals surface area (Å²) >= 11 is 0. The molecule has 0 aromatic heterocycles. The average Bonchev–Trinajstić information content (AvgIpc) is 1.87. The van der Waals surface area contributed by atoms with E-state index >= 15 is 0 Å². The summed E-state index contributed by atoms with van der Waals surface area (Å²) in [7, 11) is 0. The first-order valence-electron chi connectivity index (χ1n) is 3.02. The van der Waals surface area contributed by atoms with Gasteiger partial charge in [0.1, 0.15) is 0 Å². The largest absolute Gasteiger partial charge is 0.481 e. The molecule has 0 bridgehead atoms. The molecule has 0 fully saturated rings. The van der Waals surface area contributed by atoms with Gasteiger partial charge >= 0.3 is 5.97 Å². The fourth-order valence-corrected chi connectivity index (χ4v) is 0.532. The Morgan fingerprint density at radius 1 is 1.70 bits per heavy atom. The van der Waals surface area contributed by atoms with Crippen molar-refractivity contribution in [3.63, 3.8) is 0 Å². The van der Waals surface area contributed by atoms with Crippen molar-refractivity contribution in [1.29, 1.82) is 0 Å². The van der Waals surface area contributed by atoms with E-state index in [0.717, 1.165) is 0 Å². The summed E-state index contributed by atoms with van der Waals surface area (Å²) in [6.07, 6.45) is 2.47. The Bertz CT molecular complexity index is 124. The molecule has 0 aromatic rings. The van der Waals surface area contributed by atoms with E-state index < -0.39 is 12.0 Å². The second-order valence-electron chi connectivity index (χ2n) is 2.01. The van der Waals surface area contributed by atoms with Gasteiger partial charge < -0.3 is 10.8 Å². The Labute approximate surface area is 59.0 Å². The Kier molecular flexibility index (Phi) is 4.49. The fraction of sp³-hybridized carbons (Fsp3) is 0.667. The van der Waals surface area contributed by atoms with Gasteiger partial charge in [-0.15, -0.1) is 0 Å². The van der Waals surface area contributed by atoms with E-state index in [2.05, 4.69) is 0 Å². The van der Waals surface area contributed by atoms with Crippen molar-refractivity contribution in [1.82, 2.24) is 0 Å². The van der Waals surface area contributed by atoms with Gasteiger partial charge in [0, 0.05) is 6.42 Å². The molecule has 0 rings (SSSR count). The molecule has 3 N–H and O–H groups in total. The number of carbonyl (C=O) groups excluding carboxylic acids is 1. The summed E-state index contributed by atoms with van der Waals surface area (Å²) in [5.41, 5.74) is 5.14. The smallest absolute Gasteiger partial charge is 0.303 e. The maximum atomic E-state index is 9.93. The molecule has 4 heteroatoms. The molecule has 0 amide bonds. The number of carbonyl (C=O) groups is 1. The minimum atomic E-state index is -0.863. The summed E-state index contributed by atoms with van der Waals surface area (Å²) in [6, 6.07) is -0.626. The molecule has 0 heterocycles. The first-order valence-corrected chi connectivity index (χ1v) is 3.02. The molecule has 0 aliphatic carbocycles.